The molecule has 0 aromatic heterocycles. The average Bonchev–Trinajstić information content (AvgIpc) is 2.74. The summed E-state index contributed by atoms with van der Waals surface area (Å²) in [6.45, 7) is 0.417. The van der Waals surface area contributed by atoms with Crippen molar-refractivity contribution in [2.75, 3.05) is 6.61 Å². The molecular weight excluding hydrogens is 364 g/mol. The quantitative estimate of drug-likeness (QED) is 0.550. The summed E-state index contributed by atoms with van der Waals surface area (Å²) < 4.78 is 117. The minimum absolute atomic E-state index is 0. The second-order valence-electron chi connectivity index (χ2n) is 3.11. The van der Waals surface area contributed by atoms with Crippen LogP contribution in [0.4, 0.5) is 51.8 Å². The standard InChI is InChI=1S/C4H8O.3BF4.K.H/c5-3-4-1-2-4;3*2-1(3,4)5;;/h4-5H,1-3H2;;;;;/q;3*-1;;. The Morgan fingerprint density at radius 3 is 0.762 bits per heavy atom. The summed E-state index contributed by atoms with van der Waals surface area (Å²) in [4.78, 5) is 0. The molecule has 0 aromatic rings. The number of halogens is 12. The van der Waals surface area contributed by atoms with Crippen LogP contribution in [0.15, 0.2) is 0 Å². The number of aliphatic hydroxyl groups is 1. The zero-order valence-corrected chi connectivity index (χ0v) is 9.41. The number of hydrogen-bond donors (Lipinski definition) is 1. The van der Waals surface area contributed by atoms with E-state index in [1.807, 2.05) is 0 Å². The van der Waals surface area contributed by atoms with E-state index in [-0.39, 0.29) is 51.4 Å². The maximum absolute atomic E-state index is 9.75. The van der Waals surface area contributed by atoms with Crippen molar-refractivity contribution in [2.45, 2.75) is 12.8 Å². The van der Waals surface area contributed by atoms with Crippen molar-refractivity contribution in [1.82, 2.24) is 0 Å². The fourth-order valence-electron chi connectivity index (χ4n) is 0.300. The van der Waals surface area contributed by atoms with E-state index in [1.54, 1.807) is 0 Å². The van der Waals surface area contributed by atoms with Crippen LogP contribution in [0.25, 0.3) is 0 Å². The van der Waals surface area contributed by atoms with E-state index in [1.165, 1.54) is 12.8 Å². The SMILES string of the molecule is F[B-](F)(F)F.F[B-](F)(F)F.F[B-](F)(F)F.OCC1CC1.[KH]. The van der Waals surface area contributed by atoms with Crippen molar-refractivity contribution in [3.8, 4) is 0 Å². The predicted octanol–water partition coefficient (Wildman–Crippen LogP) is 3.64. The zero-order chi connectivity index (χ0) is 17.2. The topological polar surface area (TPSA) is 20.2 Å². The monoisotopic (exact) mass is 373 g/mol. The van der Waals surface area contributed by atoms with Crippen LogP contribution in [0.2, 0.25) is 0 Å². The minimum atomic E-state index is -6.00. The second kappa shape index (κ2) is 13.4. The molecule has 0 bridgehead atoms. The van der Waals surface area contributed by atoms with E-state index in [0.717, 1.165) is 0 Å². The normalized spacial score (nSPS) is 14.1. The first-order valence-corrected chi connectivity index (χ1v) is 4.66. The van der Waals surface area contributed by atoms with Crippen molar-refractivity contribution in [3.05, 3.63) is 0 Å². The first-order chi connectivity index (χ1) is 8.43. The van der Waals surface area contributed by atoms with Gasteiger partial charge in [-0.1, -0.05) is 0 Å². The van der Waals surface area contributed by atoms with Gasteiger partial charge in [-0.05, 0) is 18.8 Å². The molecule has 0 aliphatic heterocycles. The molecule has 1 N–H and O–H groups in total. The van der Waals surface area contributed by atoms with E-state index in [0.29, 0.717) is 12.5 Å². The molecule has 0 saturated heterocycles. The molecule has 128 valence electrons. The van der Waals surface area contributed by atoms with Crippen LogP contribution < -0.4 is 0 Å². The Bertz CT molecular complexity index is 177. The first-order valence-electron chi connectivity index (χ1n) is 4.66. The second-order valence-corrected chi connectivity index (χ2v) is 3.11. The third kappa shape index (κ3) is 212. The molecule has 1 aliphatic carbocycles. The van der Waals surface area contributed by atoms with E-state index in [9.17, 15) is 51.8 Å². The van der Waals surface area contributed by atoms with Crippen molar-refractivity contribution in [3.63, 3.8) is 0 Å². The van der Waals surface area contributed by atoms with E-state index >= 15 is 0 Å². The molecule has 0 radical (unpaired) electrons. The molecule has 0 amide bonds. The van der Waals surface area contributed by atoms with E-state index in [4.69, 9.17) is 5.11 Å². The molecule has 0 atom stereocenters. The molecule has 17 heteroatoms. The van der Waals surface area contributed by atoms with Gasteiger partial charge in [0, 0.05) is 6.61 Å². The van der Waals surface area contributed by atoms with Crippen LogP contribution >= 0.6 is 0 Å². The molecule has 1 rings (SSSR count). The van der Waals surface area contributed by atoms with Crippen molar-refractivity contribution in [1.29, 1.82) is 0 Å². The summed E-state index contributed by atoms with van der Waals surface area (Å²) in [5.74, 6) is 0.690. The fraction of sp³-hybridized carbons (Fsp3) is 1.00. The van der Waals surface area contributed by atoms with Crippen molar-refractivity contribution in [2.24, 2.45) is 5.92 Å². The molecule has 0 unspecified atom stereocenters. The number of rotatable bonds is 1. The summed E-state index contributed by atoms with van der Waals surface area (Å²) in [6, 6.07) is 0. The number of aliphatic hydroxyl groups excluding tert-OH is 1. The summed E-state index contributed by atoms with van der Waals surface area (Å²) >= 11 is 0. The Hall–Kier alpha value is 0.951. The van der Waals surface area contributed by atoms with Gasteiger partial charge in [-0.15, -0.1) is 0 Å². The third-order valence-electron chi connectivity index (χ3n) is 0.955. The molecular formula is C4H9B3F12KO-3. The first kappa shape index (κ1) is 29.9. The molecule has 1 nitrogen and oxygen atoms in total. The van der Waals surface area contributed by atoms with Gasteiger partial charge < -0.3 is 56.9 Å². The van der Waals surface area contributed by atoms with Gasteiger partial charge >= 0.3 is 73.1 Å². The van der Waals surface area contributed by atoms with Gasteiger partial charge in [0.2, 0.25) is 0 Å². The van der Waals surface area contributed by atoms with E-state index in [2.05, 4.69) is 0 Å². The number of hydrogen-bond acceptors (Lipinski definition) is 1. The van der Waals surface area contributed by atoms with Crippen LogP contribution in [0, 0.1) is 5.92 Å². The third-order valence-corrected chi connectivity index (χ3v) is 0.955. The fourth-order valence-corrected chi connectivity index (χ4v) is 0.300. The summed E-state index contributed by atoms with van der Waals surface area (Å²) in [5.41, 5.74) is 0. The maximum atomic E-state index is 9.75. The van der Waals surface area contributed by atoms with Gasteiger partial charge in [0.25, 0.3) is 0 Å². The average molecular weight is 373 g/mol. The van der Waals surface area contributed by atoms with Gasteiger partial charge in [0.15, 0.2) is 0 Å². The predicted molar refractivity (Wildman–Crippen MR) is 57.5 cm³/mol. The Morgan fingerprint density at radius 1 is 0.619 bits per heavy atom. The van der Waals surface area contributed by atoms with Gasteiger partial charge in [0.1, 0.15) is 0 Å². The van der Waals surface area contributed by atoms with Gasteiger partial charge in [-0.25, -0.2) is 0 Å². The van der Waals surface area contributed by atoms with Crippen LogP contribution in [0.1, 0.15) is 12.8 Å². The molecule has 1 aliphatic rings. The summed E-state index contributed by atoms with van der Waals surface area (Å²) in [5, 5.41) is 8.21. The van der Waals surface area contributed by atoms with Crippen LogP contribution in [0.5, 0.6) is 0 Å². The van der Waals surface area contributed by atoms with Crippen molar-refractivity contribution < 1.29 is 56.9 Å². The van der Waals surface area contributed by atoms with Crippen LogP contribution in [0.3, 0.4) is 0 Å². The van der Waals surface area contributed by atoms with Crippen LogP contribution in [-0.4, -0.2) is 84.9 Å². The molecule has 21 heavy (non-hydrogen) atoms. The Morgan fingerprint density at radius 2 is 0.762 bits per heavy atom. The van der Waals surface area contributed by atoms with Crippen LogP contribution in [-0.2, 0) is 0 Å². The summed E-state index contributed by atoms with van der Waals surface area (Å²) in [6.07, 6.45) is 2.52. The molecule has 0 spiro atoms. The Balaban J connectivity index is -0.0000000903. The zero-order valence-electron chi connectivity index (χ0n) is 9.41. The van der Waals surface area contributed by atoms with Gasteiger partial charge in [-0.2, -0.15) is 0 Å². The molecule has 1 saturated carbocycles. The van der Waals surface area contributed by atoms with E-state index < -0.39 is 21.8 Å². The molecule has 1 fully saturated rings. The van der Waals surface area contributed by atoms with Crippen molar-refractivity contribution >= 4 is 73.1 Å². The summed E-state index contributed by atoms with van der Waals surface area (Å²) in [7, 11) is -18.0. The molecule has 0 aromatic carbocycles. The van der Waals surface area contributed by atoms with Gasteiger partial charge in [0.05, 0.1) is 0 Å². The van der Waals surface area contributed by atoms with Gasteiger partial charge in [-0.3, -0.25) is 0 Å². The molecule has 0 heterocycles. The Kier molecular flexibility index (Phi) is 19.1. The Labute approximate surface area is 154 Å².